The van der Waals surface area contributed by atoms with E-state index in [-0.39, 0.29) is 17.6 Å². The number of rotatable bonds is 5. The lowest BCUT2D eigenvalue weighted by atomic mass is 10.0. The SMILES string of the molecule is CCc1ccc(C(C)NC(=O)c2nn(CC)cc2N)cc1. The van der Waals surface area contributed by atoms with Crippen LogP contribution in [0.2, 0.25) is 0 Å². The number of nitrogens with one attached hydrogen (secondary N) is 1. The molecule has 0 aliphatic heterocycles. The lowest BCUT2D eigenvalue weighted by molar-refractivity contribution is 0.0935. The van der Waals surface area contributed by atoms with Crippen molar-refractivity contribution in [1.82, 2.24) is 15.1 Å². The first-order valence-corrected chi connectivity index (χ1v) is 7.27. The summed E-state index contributed by atoms with van der Waals surface area (Å²) >= 11 is 0. The molecular weight excluding hydrogens is 264 g/mol. The monoisotopic (exact) mass is 286 g/mol. The molecule has 0 spiro atoms. The molecular formula is C16H22N4O. The number of aromatic nitrogens is 2. The molecule has 0 fully saturated rings. The molecule has 1 aromatic heterocycles. The quantitative estimate of drug-likeness (QED) is 0.887. The number of carbonyl (C=O) groups is 1. The Labute approximate surface area is 125 Å². The highest BCUT2D eigenvalue weighted by atomic mass is 16.2. The minimum Gasteiger partial charge on any atom is -0.396 e. The third-order valence-corrected chi connectivity index (χ3v) is 3.56. The van der Waals surface area contributed by atoms with Crippen molar-refractivity contribution in [3.05, 3.63) is 47.3 Å². The summed E-state index contributed by atoms with van der Waals surface area (Å²) in [6.07, 6.45) is 2.68. The van der Waals surface area contributed by atoms with E-state index in [1.54, 1.807) is 10.9 Å². The van der Waals surface area contributed by atoms with E-state index in [1.807, 2.05) is 26.0 Å². The maximum atomic E-state index is 12.2. The van der Waals surface area contributed by atoms with Crippen molar-refractivity contribution in [2.75, 3.05) is 5.73 Å². The van der Waals surface area contributed by atoms with Gasteiger partial charge in [-0.25, -0.2) is 0 Å². The van der Waals surface area contributed by atoms with Gasteiger partial charge in [0.25, 0.3) is 5.91 Å². The fraction of sp³-hybridized carbons (Fsp3) is 0.375. The molecule has 112 valence electrons. The molecule has 21 heavy (non-hydrogen) atoms. The normalized spacial score (nSPS) is 12.1. The first-order chi connectivity index (χ1) is 10.0. The highest BCUT2D eigenvalue weighted by molar-refractivity contribution is 5.97. The highest BCUT2D eigenvalue weighted by Gasteiger charge is 2.17. The van der Waals surface area contributed by atoms with Crippen LogP contribution in [0.5, 0.6) is 0 Å². The molecule has 3 N–H and O–H groups in total. The van der Waals surface area contributed by atoms with E-state index >= 15 is 0 Å². The van der Waals surface area contributed by atoms with Crippen LogP contribution in [0, 0.1) is 0 Å². The van der Waals surface area contributed by atoms with Gasteiger partial charge in [0.2, 0.25) is 0 Å². The molecule has 2 aromatic rings. The molecule has 5 heteroatoms. The molecule has 0 aliphatic rings. The molecule has 0 aliphatic carbocycles. The molecule has 1 heterocycles. The van der Waals surface area contributed by atoms with Crippen LogP contribution in [0.15, 0.2) is 30.5 Å². The van der Waals surface area contributed by atoms with Crippen LogP contribution in [0.1, 0.15) is 48.4 Å². The predicted octanol–water partition coefficient (Wildman–Crippen LogP) is 2.54. The smallest absolute Gasteiger partial charge is 0.274 e. The topological polar surface area (TPSA) is 72.9 Å². The number of hydrogen-bond donors (Lipinski definition) is 2. The van der Waals surface area contributed by atoms with Crippen molar-refractivity contribution >= 4 is 11.6 Å². The van der Waals surface area contributed by atoms with Gasteiger partial charge in [-0.3, -0.25) is 9.48 Å². The van der Waals surface area contributed by atoms with Crippen LogP contribution >= 0.6 is 0 Å². The molecule has 0 saturated heterocycles. The Bertz CT molecular complexity index is 616. The second-order valence-electron chi connectivity index (χ2n) is 5.08. The molecule has 0 bridgehead atoms. The number of anilines is 1. The van der Waals surface area contributed by atoms with Gasteiger partial charge >= 0.3 is 0 Å². The van der Waals surface area contributed by atoms with Gasteiger partial charge in [0, 0.05) is 12.7 Å². The van der Waals surface area contributed by atoms with E-state index < -0.39 is 0 Å². The van der Waals surface area contributed by atoms with E-state index in [9.17, 15) is 4.79 Å². The molecule has 1 atom stereocenters. The Morgan fingerprint density at radius 1 is 1.33 bits per heavy atom. The number of nitrogen functional groups attached to an aromatic ring is 1. The molecule has 1 unspecified atom stereocenters. The average molecular weight is 286 g/mol. The van der Waals surface area contributed by atoms with Crippen molar-refractivity contribution in [3.8, 4) is 0 Å². The average Bonchev–Trinajstić information content (AvgIpc) is 2.88. The lowest BCUT2D eigenvalue weighted by Gasteiger charge is -2.14. The first kappa shape index (κ1) is 15.1. The summed E-state index contributed by atoms with van der Waals surface area (Å²) in [5.74, 6) is -0.244. The Balaban J connectivity index is 2.08. The Morgan fingerprint density at radius 3 is 2.52 bits per heavy atom. The van der Waals surface area contributed by atoms with Crippen molar-refractivity contribution < 1.29 is 4.79 Å². The summed E-state index contributed by atoms with van der Waals surface area (Å²) in [5.41, 5.74) is 8.86. The summed E-state index contributed by atoms with van der Waals surface area (Å²) in [6.45, 7) is 6.70. The van der Waals surface area contributed by atoms with E-state index in [0.29, 0.717) is 12.2 Å². The van der Waals surface area contributed by atoms with Crippen molar-refractivity contribution in [2.24, 2.45) is 0 Å². The lowest BCUT2D eigenvalue weighted by Crippen LogP contribution is -2.27. The minimum absolute atomic E-state index is 0.0883. The van der Waals surface area contributed by atoms with Gasteiger partial charge in [-0.2, -0.15) is 5.10 Å². The largest absolute Gasteiger partial charge is 0.396 e. The van der Waals surface area contributed by atoms with Gasteiger partial charge in [0.1, 0.15) is 0 Å². The second-order valence-corrected chi connectivity index (χ2v) is 5.08. The zero-order chi connectivity index (χ0) is 15.4. The van der Waals surface area contributed by atoms with E-state index in [4.69, 9.17) is 5.73 Å². The number of hydrogen-bond acceptors (Lipinski definition) is 3. The summed E-state index contributed by atoms with van der Waals surface area (Å²) in [5, 5.41) is 7.12. The fourth-order valence-corrected chi connectivity index (χ4v) is 2.17. The van der Waals surface area contributed by atoms with Gasteiger partial charge in [0.05, 0.1) is 11.7 Å². The maximum absolute atomic E-state index is 12.2. The van der Waals surface area contributed by atoms with Crippen LogP contribution in [0.25, 0.3) is 0 Å². The summed E-state index contributed by atoms with van der Waals surface area (Å²) in [7, 11) is 0. The van der Waals surface area contributed by atoms with E-state index in [2.05, 4.69) is 29.5 Å². The Kier molecular flexibility index (Phi) is 4.62. The number of nitrogens with zero attached hydrogens (tertiary/aromatic N) is 2. The van der Waals surface area contributed by atoms with Crippen LogP contribution < -0.4 is 11.1 Å². The Hall–Kier alpha value is -2.30. The summed E-state index contributed by atoms with van der Waals surface area (Å²) < 4.78 is 1.66. The van der Waals surface area contributed by atoms with Crippen LogP contribution in [0.3, 0.4) is 0 Å². The van der Waals surface area contributed by atoms with Gasteiger partial charge in [-0.1, -0.05) is 31.2 Å². The first-order valence-electron chi connectivity index (χ1n) is 7.27. The third-order valence-electron chi connectivity index (χ3n) is 3.56. The molecule has 0 radical (unpaired) electrons. The third kappa shape index (κ3) is 3.42. The van der Waals surface area contributed by atoms with Gasteiger partial charge < -0.3 is 11.1 Å². The summed E-state index contributed by atoms with van der Waals surface area (Å²) in [4.78, 5) is 12.2. The number of aryl methyl sites for hydroxylation is 2. The van der Waals surface area contributed by atoms with Crippen LogP contribution in [-0.4, -0.2) is 15.7 Å². The molecule has 2 rings (SSSR count). The summed E-state index contributed by atoms with van der Waals surface area (Å²) in [6, 6.07) is 8.15. The molecule has 5 nitrogen and oxygen atoms in total. The van der Waals surface area contributed by atoms with Crippen molar-refractivity contribution in [3.63, 3.8) is 0 Å². The molecule has 1 amide bonds. The standard InChI is InChI=1S/C16H22N4O/c1-4-12-6-8-13(9-7-12)11(3)18-16(21)15-14(17)10-20(5-2)19-15/h6-11H,4-5,17H2,1-3H3,(H,18,21). The minimum atomic E-state index is -0.244. The number of benzene rings is 1. The fourth-order valence-electron chi connectivity index (χ4n) is 2.17. The second kappa shape index (κ2) is 6.43. The van der Waals surface area contributed by atoms with Crippen molar-refractivity contribution in [2.45, 2.75) is 39.8 Å². The van der Waals surface area contributed by atoms with Gasteiger partial charge in [0.15, 0.2) is 5.69 Å². The number of nitrogens with two attached hydrogens (primary N) is 1. The number of amides is 1. The van der Waals surface area contributed by atoms with Crippen LogP contribution in [-0.2, 0) is 13.0 Å². The van der Waals surface area contributed by atoms with Gasteiger partial charge in [-0.05, 0) is 31.4 Å². The van der Waals surface area contributed by atoms with Gasteiger partial charge in [-0.15, -0.1) is 0 Å². The zero-order valence-electron chi connectivity index (χ0n) is 12.8. The predicted molar refractivity (Wildman–Crippen MR) is 84.0 cm³/mol. The van der Waals surface area contributed by atoms with E-state index in [1.165, 1.54) is 5.56 Å². The van der Waals surface area contributed by atoms with E-state index in [0.717, 1.165) is 12.0 Å². The number of carbonyl (C=O) groups excluding carboxylic acids is 1. The molecule has 1 aromatic carbocycles. The van der Waals surface area contributed by atoms with Crippen molar-refractivity contribution in [1.29, 1.82) is 0 Å². The maximum Gasteiger partial charge on any atom is 0.274 e. The zero-order valence-corrected chi connectivity index (χ0v) is 12.8. The Morgan fingerprint density at radius 2 is 2.00 bits per heavy atom. The van der Waals surface area contributed by atoms with Crippen LogP contribution in [0.4, 0.5) is 5.69 Å². The molecule has 0 saturated carbocycles. The highest BCUT2D eigenvalue weighted by Crippen LogP contribution is 2.16.